The molecular weight excluding hydrogens is 482 g/mol. The molecule has 35 heavy (non-hydrogen) atoms. The van der Waals surface area contributed by atoms with E-state index < -0.39 is 0 Å². The lowest BCUT2D eigenvalue weighted by molar-refractivity contribution is -0.119. The number of hydrogen-bond acceptors (Lipinski definition) is 2. The first-order valence-corrected chi connectivity index (χ1v) is 12.9. The van der Waals surface area contributed by atoms with Crippen molar-refractivity contribution in [3.63, 3.8) is 0 Å². The monoisotopic (exact) mass is 510 g/mol. The van der Waals surface area contributed by atoms with Crippen molar-refractivity contribution in [2.24, 2.45) is 0 Å². The summed E-state index contributed by atoms with van der Waals surface area (Å²) < 4.78 is 13.8. The first-order valence-electron chi connectivity index (χ1n) is 12.1. The average molecular weight is 511 g/mol. The second-order valence-electron chi connectivity index (χ2n) is 9.88. The standard InChI is InChI=1S/C29H29Cl2FN2O/c1-19(35)33-18-29(20-10-12-21(32)13-11-20)16-22-14-15-23(17-29)34(22)28(24-6-2-4-8-26(24)30)25-7-3-5-9-27(25)31/h2-13,22-23,28H,14-18H2,1H3,(H,33,35)/t22-,23+,29?. The number of carbonyl (C=O) groups excluding carboxylic acids is 1. The fraction of sp³-hybridized carbons (Fsp3) is 0.345. The van der Waals surface area contributed by atoms with E-state index in [1.807, 2.05) is 48.5 Å². The highest BCUT2D eigenvalue weighted by atomic mass is 35.5. The van der Waals surface area contributed by atoms with Crippen LogP contribution in [0.5, 0.6) is 0 Å². The maximum Gasteiger partial charge on any atom is 0.216 e. The molecule has 2 aliphatic heterocycles. The van der Waals surface area contributed by atoms with Gasteiger partial charge in [-0.1, -0.05) is 71.7 Å². The molecule has 0 aliphatic carbocycles. The Balaban J connectivity index is 1.57. The molecule has 3 aromatic carbocycles. The van der Waals surface area contributed by atoms with Crippen LogP contribution in [0.3, 0.4) is 0 Å². The third kappa shape index (κ3) is 4.72. The minimum absolute atomic E-state index is 0.0497. The minimum Gasteiger partial charge on any atom is -0.355 e. The van der Waals surface area contributed by atoms with Crippen molar-refractivity contribution >= 4 is 29.1 Å². The first-order chi connectivity index (χ1) is 16.9. The highest BCUT2D eigenvalue weighted by Gasteiger charge is 2.51. The Labute approximate surface area is 216 Å². The Hall–Kier alpha value is -2.40. The molecule has 1 amide bonds. The Bertz CT molecular complexity index is 1160. The molecule has 1 unspecified atom stereocenters. The van der Waals surface area contributed by atoms with E-state index in [0.29, 0.717) is 6.54 Å². The third-order valence-electron chi connectivity index (χ3n) is 7.76. The van der Waals surface area contributed by atoms with Gasteiger partial charge in [0.25, 0.3) is 0 Å². The van der Waals surface area contributed by atoms with Crippen molar-refractivity contribution in [1.82, 2.24) is 10.2 Å². The van der Waals surface area contributed by atoms with Gasteiger partial charge >= 0.3 is 0 Å². The number of hydrogen-bond donors (Lipinski definition) is 1. The predicted molar refractivity (Wildman–Crippen MR) is 139 cm³/mol. The zero-order chi connectivity index (χ0) is 24.6. The molecular formula is C29H29Cl2FN2O. The first kappa shape index (κ1) is 24.3. The van der Waals surface area contributed by atoms with Crippen LogP contribution < -0.4 is 5.32 Å². The molecule has 2 heterocycles. The summed E-state index contributed by atoms with van der Waals surface area (Å²) in [6.45, 7) is 2.09. The van der Waals surface area contributed by atoms with Gasteiger partial charge in [-0.15, -0.1) is 0 Å². The van der Waals surface area contributed by atoms with Crippen LogP contribution in [0, 0.1) is 5.82 Å². The van der Waals surface area contributed by atoms with Gasteiger partial charge in [-0.25, -0.2) is 4.39 Å². The quantitative estimate of drug-likeness (QED) is 0.390. The van der Waals surface area contributed by atoms with E-state index in [1.54, 1.807) is 6.92 Å². The largest absolute Gasteiger partial charge is 0.355 e. The molecule has 3 aromatic rings. The lowest BCUT2D eigenvalue weighted by Crippen LogP contribution is -2.54. The number of fused-ring (bicyclic) bond motifs is 2. The van der Waals surface area contributed by atoms with E-state index in [4.69, 9.17) is 23.2 Å². The van der Waals surface area contributed by atoms with E-state index >= 15 is 0 Å². The summed E-state index contributed by atoms with van der Waals surface area (Å²) in [5.41, 5.74) is 2.93. The van der Waals surface area contributed by atoms with Crippen LogP contribution in [0.2, 0.25) is 10.0 Å². The molecule has 0 saturated carbocycles. The molecule has 0 aromatic heterocycles. The van der Waals surface area contributed by atoms with Crippen LogP contribution in [0.25, 0.3) is 0 Å². The number of carbonyl (C=O) groups is 1. The normalized spacial score (nSPS) is 24.0. The number of amides is 1. The van der Waals surface area contributed by atoms with Gasteiger partial charge in [0.15, 0.2) is 0 Å². The van der Waals surface area contributed by atoms with Crippen molar-refractivity contribution < 1.29 is 9.18 Å². The molecule has 5 rings (SSSR count). The Kier molecular flexibility index (Phi) is 6.89. The summed E-state index contributed by atoms with van der Waals surface area (Å²) in [5, 5.41) is 4.52. The molecule has 2 fully saturated rings. The molecule has 1 N–H and O–H groups in total. The van der Waals surface area contributed by atoms with E-state index in [2.05, 4.69) is 22.3 Å². The van der Waals surface area contributed by atoms with Crippen LogP contribution in [-0.4, -0.2) is 29.4 Å². The second-order valence-corrected chi connectivity index (χ2v) is 10.7. The number of halogens is 3. The summed E-state index contributed by atoms with van der Waals surface area (Å²) in [5.74, 6) is -0.299. The highest BCUT2D eigenvalue weighted by molar-refractivity contribution is 6.32. The number of benzene rings is 3. The molecule has 2 bridgehead atoms. The third-order valence-corrected chi connectivity index (χ3v) is 8.45. The van der Waals surface area contributed by atoms with Crippen LogP contribution in [0.1, 0.15) is 55.3 Å². The Morgan fingerprint density at radius 2 is 1.46 bits per heavy atom. The van der Waals surface area contributed by atoms with Gasteiger partial charge in [0, 0.05) is 41.0 Å². The summed E-state index contributed by atoms with van der Waals surface area (Å²) >= 11 is 13.5. The van der Waals surface area contributed by atoms with Crippen molar-refractivity contribution in [1.29, 1.82) is 0 Å². The zero-order valence-corrected chi connectivity index (χ0v) is 21.2. The fourth-order valence-corrected chi connectivity index (χ4v) is 6.74. The van der Waals surface area contributed by atoms with Crippen molar-refractivity contribution in [3.8, 4) is 0 Å². The number of nitrogens with zero attached hydrogens (tertiary/aromatic N) is 1. The highest BCUT2D eigenvalue weighted by Crippen LogP contribution is 2.52. The molecule has 3 nitrogen and oxygen atoms in total. The minimum atomic E-state index is -0.257. The van der Waals surface area contributed by atoms with Gasteiger partial charge in [-0.05, 0) is 66.6 Å². The predicted octanol–water partition coefficient (Wildman–Crippen LogP) is 6.92. The molecule has 2 saturated heterocycles. The van der Waals surface area contributed by atoms with E-state index in [-0.39, 0.29) is 35.3 Å². The number of nitrogens with one attached hydrogen (secondary N) is 1. The number of rotatable bonds is 6. The Morgan fingerprint density at radius 3 is 1.94 bits per heavy atom. The van der Waals surface area contributed by atoms with Crippen LogP contribution in [0.15, 0.2) is 72.8 Å². The van der Waals surface area contributed by atoms with Crippen molar-refractivity contribution in [3.05, 3.63) is 105 Å². The molecule has 2 aliphatic rings. The SMILES string of the molecule is CC(=O)NCC1(c2ccc(F)cc2)C[C@H]2CC[C@@H](C1)N2C(c1ccccc1Cl)c1ccccc1Cl. The number of piperidine rings is 1. The van der Waals surface area contributed by atoms with Crippen LogP contribution >= 0.6 is 23.2 Å². The summed E-state index contributed by atoms with van der Waals surface area (Å²) in [6, 6.07) is 23.3. The maximum atomic E-state index is 13.8. The molecule has 0 radical (unpaired) electrons. The van der Waals surface area contributed by atoms with Gasteiger partial charge in [0.2, 0.25) is 5.91 Å². The van der Waals surface area contributed by atoms with Gasteiger partial charge < -0.3 is 5.32 Å². The van der Waals surface area contributed by atoms with E-state index in [1.165, 1.54) is 12.1 Å². The lowest BCUT2D eigenvalue weighted by atomic mass is 9.69. The van der Waals surface area contributed by atoms with E-state index in [9.17, 15) is 9.18 Å². The average Bonchev–Trinajstić information content (AvgIpc) is 3.10. The Morgan fingerprint density at radius 1 is 0.943 bits per heavy atom. The summed E-state index contributed by atoms with van der Waals surface area (Å²) in [4.78, 5) is 14.5. The van der Waals surface area contributed by atoms with Gasteiger partial charge in [-0.3, -0.25) is 9.69 Å². The molecule has 0 spiro atoms. The summed E-state index contributed by atoms with van der Waals surface area (Å²) in [6.07, 6.45) is 3.83. The second kappa shape index (κ2) is 9.93. The van der Waals surface area contributed by atoms with Crippen molar-refractivity contribution in [2.75, 3.05) is 6.54 Å². The fourth-order valence-electron chi connectivity index (χ4n) is 6.26. The van der Waals surface area contributed by atoms with E-state index in [0.717, 1.165) is 52.4 Å². The van der Waals surface area contributed by atoms with Gasteiger partial charge in [0.05, 0.1) is 6.04 Å². The van der Waals surface area contributed by atoms with Gasteiger partial charge in [-0.2, -0.15) is 0 Å². The molecule has 182 valence electrons. The zero-order valence-electron chi connectivity index (χ0n) is 19.7. The lowest BCUT2D eigenvalue weighted by Gasteiger charge is -2.50. The molecule has 6 heteroatoms. The van der Waals surface area contributed by atoms with Crippen LogP contribution in [0.4, 0.5) is 4.39 Å². The maximum absolute atomic E-state index is 13.8. The topological polar surface area (TPSA) is 32.3 Å². The van der Waals surface area contributed by atoms with Crippen LogP contribution in [-0.2, 0) is 10.2 Å². The summed E-state index contributed by atoms with van der Waals surface area (Å²) in [7, 11) is 0. The molecule has 3 atom stereocenters. The van der Waals surface area contributed by atoms with Crippen molar-refractivity contribution in [2.45, 2.75) is 56.1 Å². The van der Waals surface area contributed by atoms with Gasteiger partial charge in [0.1, 0.15) is 5.82 Å². The smallest absolute Gasteiger partial charge is 0.216 e.